The summed E-state index contributed by atoms with van der Waals surface area (Å²) in [5, 5.41) is 0.536. The zero-order chi connectivity index (χ0) is 21.8. The second-order valence-corrected chi connectivity index (χ2v) is 9.30. The van der Waals surface area contributed by atoms with Gasteiger partial charge in [0, 0.05) is 37.4 Å². The molecule has 0 radical (unpaired) electrons. The Morgan fingerprint density at radius 3 is 2.65 bits per heavy atom. The zero-order valence-electron chi connectivity index (χ0n) is 18.5. The molecule has 6 heteroatoms. The summed E-state index contributed by atoms with van der Waals surface area (Å²) in [4.78, 5) is 22.0. The molecule has 2 heterocycles. The maximum atomic E-state index is 13.3. The normalized spacial score (nSPS) is 18.3. The minimum atomic E-state index is -0.106. The second-order valence-electron chi connectivity index (χ2n) is 8.86. The van der Waals surface area contributed by atoms with Gasteiger partial charge in [-0.1, -0.05) is 30.5 Å². The third-order valence-corrected chi connectivity index (χ3v) is 6.87. The molecule has 4 rings (SSSR count). The Labute approximate surface area is 190 Å². The molecule has 1 saturated heterocycles. The summed E-state index contributed by atoms with van der Waals surface area (Å²) < 4.78 is 6.35. The van der Waals surface area contributed by atoms with Gasteiger partial charge in [0.05, 0.1) is 17.8 Å². The largest absolute Gasteiger partial charge is 0.489 e. The third kappa shape index (κ3) is 5.39. The topological polar surface area (TPSA) is 45.7 Å². The zero-order valence-corrected chi connectivity index (χ0v) is 19.3. The molecule has 5 nitrogen and oxygen atoms in total. The standard InChI is InChI=1S/C25H32ClN3O2/c1-18-6-5-13-27-23(18)17-28(2)25(30)22-16-19(26)9-10-24(22)31-21-11-14-29(15-12-21)20-7-3-4-8-20/h5-6,9-10,13,16,20-21H,3-4,7-8,11-12,14-15,17H2,1-2H3. The summed E-state index contributed by atoms with van der Waals surface area (Å²) in [6.07, 6.45) is 9.28. The van der Waals surface area contributed by atoms with Gasteiger partial charge in [0.15, 0.2) is 0 Å². The van der Waals surface area contributed by atoms with Crippen molar-refractivity contribution >= 4 is 17.5 Å². The number of ether oxygens (including phenoxy) is 1. The van der Waals surface area contributed by atoms with Crippen LogP contribution in [0.15, 0.2) is 36.5 Å². The number of hydrogen-bond acceptors (Lipinski definition) is 4. The van der Waals surface area contributed by atoms with Gasteiger partial charge in [-0.15, -0.1) is 0 Å². The van der Waals surface area contributed by atoms with Gasteiger partial charge in [-0.05, 0) is 62.4 Å². The predicted octanol–water partition coefficient (Wildman–Crippen LogP) is 5.10. The number of nitrogens with zero attached hydrogens (tertiary/aromatic N) is 3. The van der Waals surface area contributed by atoms with Crippen LogP contribution in [0.2, 0.25) is 5.02 Å². The molecule has 31 heavy (non-hydrogen) atoms. The van der Waals surface area contributed by atoms with E-state index >= 15 is 0 Å². The summed E-state index contributed by atoms with van der Waals surface area (Å²) in [5.74, 6) is 0.518. The van der Waals surface area contributed by atoms with Crippen LogP contribution in [0.1, 0.15) is 60.1 Å². The van der Waals surface area contributed by atoms with Gasteiger partial charge in [0.1, 0.15) is 11.9 Å². The van der Waals surface area contributed by atoms with E-state index < -0.39 is 0 Å². The van der Waals surface area contributed by atoms with E-state index in [2.05, 4.69) is 9.88 Å². The molecule has 2 aromatic rings. The lowest BCUT2D eigenvalue weighted by Crippen LogP contribution is -2.43. The second kappa shape index (κ2) is 10.0. The number of aryl methyl sites for hydroxylation is 1. The molecule has 1 aliphatic carbocycles. The van der Waals surface area contributed by atoms with Gasteiger partial charge in [-0.2, -0.15) is 0 Å². The van der Waals surface area contributed by atoms with Crippen molar-refractivity contribution in [1.29, 1.82) is 0 Å². The average molecular weight is 442 g/mol. The van der Waals surface area contributed by atoms with Gasteiger partial charge in [0.25, 0.3) is 5.91 Å². The Morgan fingerprint density at radius 2 is 1.94 bits per heavy atom. The van der Waals surface area contributed by atoms with E-state index in [9.17, 15) is 4.79 Å². The maximum Gasteiger partial charge on any atom is 0.257 e. The van der Waals surface area contributed by atoms with Crippen molar-refractivity contribution in [1.82, 2.24) is 14.8 Å². The molecule has 1 saturated carbocycles. The molecular weight excluding hydrogens is 410 g/mol. The Hall–Kier alpha value is -2.11. The number of aromatic nitrogens is 1. The molecule has 0 bridgehead atoms. The molecular formula is C25H32ClN3O2. The molecule has 0 N–H and O–H groups in total. The van der Waals surface area contributed by atoms with Crippen molar-refractivity contribution in [3.05, 3.63) is 58.4 Å². The molecule has 1 aliphatic heterocycles. The summed E-state index contributed by atoms with van der Waals surface area (Å²) in [6.45, 7) is 4.60. The van der Waals surface area contributed by atoms with Crippen LogP contribution >= 0.6 is 11.6 Å². The highest BCUT2D eigenvalue weighted by Crippen LogP contribution is 2.30. The highest BCUT2D eigenvalue weighted by atomic mass is 35.5. The van der Waals surface area contributed by atoms with Crippen LogP contribution in [-0.2, 0) is 6.54 Å². The third-order valence-electron chi connectivity index (χ3n) is 6.63. The Balaban J connectivity index is 1.42. The lowest BCUT2D eigenvalue weighted by molar-refractivity contribution is 0.0709. The van der Waals surface area contributed by atoms with E-state index in [1.54, 1.807) is 30.3 Å². The SMILES string of the molecule is Cc1cccnc1CN(C)C(=O)c1cc(Cl)ccc1OC1CCN(C2CCCC2)CC1. The molecule has 0 spiro atoms. The fourth-order valence-electron chi connectivity index (χ4n) is 4.77. The maximum absolute atomic E-state index is 13.3. The van der Waals surface area contributed by atoms with Gasteiger partial charge >= 0.3 is 0 Å². The van der Waals surface area contributed by atoms with Crippen LogP contribution in [0.5, 0.6) is 5.75 Å². The smallest absolute Gasteiger partial charge is 0.257 e. The summed E-state index contributed by atoms with van der Waals surface area (Å²) in [6, 6.07) is 10.0. The summed E-state index contributed by atoms with van der Waals surface area (Å²) in [7, 11) is 1.79. The number of carbonyl (C=O) groups excluding carboxylic acids is 1. The number of piperidine rings is 1. The first kappa shape index (κ1) is 22.1. The van der Waals surface area contributed by atoms with Crippen LogP contribution in [0.25, 0.3) is 0 Å². The first-order chi connectivity index (χ1) is 15.0. The van der Waals surface area contributed by atoms with Crippen molar-refractivity contribution in [2.75, 3.05) is 20.1 Å². The number of carbonyl (C=O) groups is 1. The lowest BCUT2D eigenvalue weighted by atomic mass is 10.0. The highest BCUT2D eigenvalue weighted by Gasteiger charge is 2.29. The fraction of sp³-hybridized carbons (Fsp3) is 0.520. The van der Waals surface area contributed by atoms with Crippen LogP contribution in [0.3, 0.4) is 0 Å². The van der Waals surface area contributed by atoms with E-state index in [4.69, 9.17) is 16.3 Å². The van der Waals surface area contributed by atoms with Crippen molar-refractivity contribution in [3.63, 3.8) is 0 Å². The minimum absolute atomic E-state index is 0.106. The molecule has 0 unspecified atom stereocenters. The van der Waals surface area contributed by atoms with Crippen LogP contribution < -0.4 is 4.74 Å². The molecule has 166 valence electrons. The van der Waals surface area contributed by atoms with Crippen LogP contribution in [0, 0.1) is 6.92 Å². The van der Waals surface area contributed by atoms with E-state index in [1.807, 2.05) is 25.1 Å². The van der Waals surface area contributed by atoms with Crippen molar-refractivity contribution in [3.8, 4) is 5.75 Å². The van der Waals surface area contributed by atoms with Crippen LogP contribution in [-0.4, -0.2) is 53.0 Å². The lowest BCUT2D eigenvalue weighted by Gasteiger charge is -2.36. The molecule has 0 atom stereocenters. The quantitative estimate of drug-likeness (QED) is 0.625. The number of halogens is 1. The van der Waals surface area contributed by atoms with Gasteiger partial charge in [-0.3, -0.25) is 9.78 Å². The van der Waals surface area contributed by atoms with E-state index in [0.717, 1.165) is 43.2 Å². The number of hydrogen-bond donors (Lipinski definition) is 0. The molecule has 1 amide bonds. The summed E-state index contributed by atoms with van der Waals surface area (Å²) >= 11 is 6.24. The first-order valence-corrected chi connectivity index (χ1v) is 11.8. The predicted molar refractivity (Wildman–Crippen MR) is 124 cm³/mol. The Kier molecular flexibility index (Phi) is 7.13. The minimum Gasteiger partial charge on any atom is -0.489 e. The van der Waals surface area contributed by atoms with Crippen LogP contribution in [0.4, 0.5) is 0 Å². The van der Waals surface area contributed by atoms with Crippen molar-refractivity contribution in [2.45, 2.75) is 64.1 Å². The van der Waals surface area contributed by atoms with Crippen molar-refractivity contribution < 1.29 is 9.53 Å². The number of rotatable bonds is 6. The van der Waals surface area contributed by atoms with Crippen molar-refractivity contribution in [2.24, 2.45) is 0 Å². The first-order valence-electron chi connectivity index (χ1n) is 11.4. The summed E-state index contributed by atoms with van der Waals surface area (Å²) in [5.41, 5.74) is 2.47. The molecule has 1 aromatic heterocycles. The molecule has 2 aliphatic rings. The van der Waals surface area contributed by atoms with E-state index in [0.29, 0.717) is 22.9 Å². The molecule has 1 aromatic carbocycles. The van der Waals surface area contributed by atoms with Gasteiger partial charge in [-0.25, -0.2) is 0 Å². The van der Waals surface area contributed by atoms with E-state index in [1.165, 1.54) is 25.7 Å². The Morgan fingerprint density at radius 1 is 1.19 bits per heavy atom. The van der Waals surface area contributed by atoms with E-state index in [-0.39, 0.29) is 12.0 Å². The highest BCUT2D eigenvalue weighted by molar-refractivity contribution is 6.31. The monoisotopic (exact) mass is 441 g/mol. The number of likely N-dealkylation sites (tertiary alicyclic amines) is 1. The number of amides is 1. The molecule has 2 fully saturated rings. The Bertz CT molecular complexity index is 905. The number of pyridine rings is 1. The average Bonchev–Trinajstić information content (AvgIpc) is 3.31. The number of benzene rings is 1. The van der Waals surface area contributed by atoms with Gasteiger partial charge < -0.3 is 14.5 Å². The van der Waals surface area contributed by atoms with Gasteiger partial charge in [0.2, 0.25) is 0 Å². The fourth-order valence-corrected chi connectivity index (χ4v) is 4.94.